The van der Waals surface area contributed by atoms with E-state index in [9.17, 15) is 4.79 Å². The van der Waals surface area contributed by atoms with Crippen molar-refractivity contribution < 1.29 is 4.79 Å². The summed E-state index contributed by atoms with van der Waals surface area (Å²) in [5.74, 6) is -0.151. The third kappa shape index (κ3) is 4.67. The van der Waals surface area contributed by atoms with Gasteiger partial charge in [-0.1, -0.05) is 23.7 Å². The fourth-order valence-electron chi connectivity index (χ4n) is 1.63. The van der Waals surface area contributed by atoms with E-state index in [0.29, 0.717) is 5.02 Å². The molecule has 0 saturated heterocycles. The van der Waals surface area contributed by atoms with Crippen LogP contribution in [0.4, 0.5) is 0 Å². The molecule has 3 N–H and O–H groups in total. The van der Waals surface area contributed by atoms with Crippen molar-refractivity contribution in [2.45, 2.75) is 45.2 Å². The fourth-order valence-corrected chi connectivity index (χ4v) is 1.75. The predicted octanol–water partition coefficient (Wildman–Crippen LogP) is 2.51. The molecule has 0 radical (unpaired) electrons. The van der Waals surface area contributed by atoms with E-state index in [2.05, 4.69) is 5.32 Å². The first kappa shape index (κ1) is 15.0. The largest absolute Gasteiger partial charge is 0.349 e. The third-order valence-electron chi connectivity index (χ3n) is 2.60. The van der Waals surface area contributed by atoms with Gasteiger partial charge in [0.2, 0.25) is 5.91 Å². The van der Waals surface area contributed by atoms with Gasteiger partial charge in [-0.15, -0.1) is 0 Å². The average Bonchev–Trinajstić information content (AvgIpc) is 2.19. The van der Waals surface area contributed by atoms with Crippen LogP contribution in [0.5, 0.6) is 0 Å². The van der Waals surface area contributed by atoms with E-state index in [1.807, 2.05) is 38.1 Å². The lowest BCUT2D eigenvalue weighted by molar-refractivity contribution is -0.126. The van der Waals surface area contributed by atoms with Crippen LogP contribution in [0.3, 0.4) is 0 Å². The van der Waals surface area contributed by atoms with Gasteiger partial charge >= 0.3 is 0 Å². The van der Waals surface area contributed by atoms with E-state index >= 15 is 0 Å². The highest BCUT2D eigenvalue weighted by molar-refractivity contribution is 6.30. The number of rotatable bonds is 4. The molecule has 3 nitrogen and oxygen atoms in total. The summed E-state index contributed by atoms with van der Waals surface area (Å²) < 4.78 is 0. The average molecular weight is 269 g/mol. The van der Waals surface area contributed by atoms with Crippen molar-refractivity contribution in [1.82, 2.24) is 5.32 Å². The molecule has 18 heavy (non-hydrogen) atoms. The fraction of sp³-hybridized carbons (Fsp3) is 0.500. The third-order valence-corrected chi connectivity index (χ3v) is 2.85. The molecule has 0 unspecified atom stereocenters. The minimum absolute atomic E-state index is 0.151. The van der Waals surface area contributed by atoms with Crippen LogP contribution in [0.15, 0.2) is 24.3 Å². The van der Waals surface area contributed by atoms with Crippen LogP contribution in [0, 0.1) is 0 Å². The minimum atomic E-state index is -0.864. The van der Waals surface area contributed by atoms with Gasteiger partial charge < -0.3 is 11.1 Å². The molecule has 0 fully saturated rings. The molecule has 0 aromatic heterocycles. The van der Waals surface area contributed by atoms with Gasteiger partial charge in [-0.2, -0.15) is 0 Å². The van der Waals surface area contributed by atoms with Crippen molar-refractivity contribution in [3.05, 3.63) is 34.9 Å². The molecule has 0 spiro atoms. The standard InChI is InChI=1S/C14H21ClN2O/c1-13(2,17-12(18)14(3,4)16)9-10-5-7-11(15)8-6-10/h5-8H,9,16H2,1-4H3,(H,17,18). The molecule has 4 heteroatoms. The molecular formula is C14H21ClN2O. The van der Waals surface area contributed by atoms with Crippen LogP contribution < -0.4 is 11.1 Å². The second-order valence-corrected chi connectivity index (χ2v) is 6.30. The molecule has 0 atom stereocenters. The maximum absolute atomic E-state index is 11.9. The van der Waals surface area contributed by atoms with Crippen LogP contribution in [0.25, 0.3) is 0 Å². The quantitative estimate of drug-likeness (QED) is 0.882. The monoisotopic (exact) mass is 268 g/mol. The summed E-state index contributed by atoms with van der Waals surface area (Å²) >= 11 is 5.84. The zero-order valence-electron chi connectivity index (χ0n) is 11.4. The predicted molar refractivity (Wildman–Crippen MR) is 75.6 cm³/mol. The van der Waals surface area contributed by atoms with Crippen molar-refractivity contribution in [3.8, 4) is 0 Å². The van der Waals surface area contributed by atoms with Crippen molar-refractivity contribution in [3.63, 3.8) is 0 Å². The smallest absolute Gasteiger partial charge is 0.239 e. The number of halogens is 1. The summed E-state index contributed by atoms with van der Waals surface area (Å²) in [6.45, 7) is 7.35. The number of carbonyl (C=O) groups is 1. The molecule has 0 heterocycles. The number of benzene rings is 1. The van der Waals surface area contributed by atoms with Crippen LogP contribution in [-0.4, -0.2) is 17.0 Å². The van der Waals surface area contributed by atoms with E-state index in [-0.39, 0.29) is 11.4 Å². The summed E-state index contributed by atoms with van der Waals surface area (Å²) in [5.41, 5.74) is 5.68. The first-order valence-corrected chi connectivity index (χ1v) is 6.34. The van der Waals surface area contributed by atoms with Gasteiger partial charge in [-0.3, -0.25) is 4.79 Å². The van der Waals surface area contributed by atoms with Gasteiger partial charge in [0.1, 0.15) is 0 Å². The molecule has 0 aliphatic heterocycles. The van der Waals surface area contributed by atoms with Gasteiger partial charge in [-0.25, -0.2) is 0 Å². The highest BCUT2D eigenvalue weighted by atomic mass is 35.5. The first-order valence-electron chi connectivity index (χ1n) is 5.96. The summed E-state index contributed by atoms with van der Waals surface area (Å²) in [6, 6.07) is 7.62. The van der Waals surface area contributed by atoms with E-state index in [1.54, 1.807) is 13.8 Å². The number of nitrogens with one attached hydrogen (secondary N) is 1. The van der Waals surface area contributed by atoms with Gasteiger partial charge in [0.15, 0.2) is 0 Å². The van der Waals surface area contributed by atoms with Crippen LogP contribution in [-0.2, 0) is 11.2 Å². The normalized spacial score (nSPS) is 12.3. The maximum Gasteiger partial charge on any atom is 0.239 e. The lowest BCUT2D eigenvalue weighted by atomic mass is 9.93. The van der Waals surface area contributed by atoms with Crippen molar-refractivity contribution in [1.29, 1.82) is 0 Å². The zero-order chi connectivity index (χ0) is 14.0. The summed E-state index contributed by atoms with van der Waals surface area (Å²) in [6.07, 6.45) is 0.728. The second-order valence-electron chi connectivity index (χ2n) is 5.86. The van der Waals surface area contributed by atoms with E-state index in [4.69, 9.17) is 17.3 Å². The van der Waals surface area contributed by atoms with E-state index in [1.165, 1.54) is 0 Å². The summed E-state index contributed by atoms with van der Waals surface area (Å²) in [7, 11) is 0. The molecule has 1 aromatic carbocycles. The number of hydrogen-bond acceptors (Lipinski definition) is 2. The van der Waals surface area contributed by atoms with Crippen molar-refractivity contribution in [2.75, 3.05) is 0 Å². The SMILES string of the molecule is CC(C)(Cc1ccc(Cl)cc1)NC(=O)C(C)(C)N. The van der Waals surface area contributed by atoms with Gasteiger partial charge in [0.05, 0.1) is 5.54 Å². The number of nitrogens with two attached hydrogens (primary N) is 1. The topological polar surface area (TPSA) is 55.1 Å². The Morgan fingerprint density at radius 3 is 2.17 bits per heavy atom. The van der Waals surface area contributed by atoms with Crippen LogP contribution in [0.1, 0.15) is 33.3 Å². The molecular weight excluding hydrogens is 248 g/mol. The number of amides is 1. The van der Waals surface area contributed by atoms with Crippen LogP contribution >= 0.6 is 11.6 Å². The molecule has 0 saturated carbocycles. The molecule has 0 aliphatic rings. The van der Waals surface area contributed by atoms with E-state index < -0.39 is 5.54 Å². The highest BCUT2D eigenvalue weighted by Gasteiger charge is 2.28. The Bertz CT molecular complexity index is 418. The minimum Gasteiger partial charge on any atom is -0.349 e. The molecule has 100 valence electrons. The Kier molecular flexibility index (Phi) is 4.41. The molecule has 0 bridgehead atoms. The Labute approximate surface area is 114 Å². The summed E-state index contributed by atoms with van der Waals surface area (Å²) in [5, 5.41) is 3.67. The highest BCUT2D eigenvalue weighted by Crippen LogP contribution is 2.16. The number of hydrogen-bond donors (Lipinski definition) is 2. The molecule has 1 rings (SSSR count). The lowest BCUT2D eigenvalue weighted by Gasteiger charge is -2.30. The summed E-state index contributed by atoms with van der Waals surface area (Å²) in [4.78, 5) is 11.9. The number of carbonyl (C=O) groups excluding carboxylic acids is 1. The van der Waals surface area contributed by atoms with E-state index in [0.717, 1.165) is 12.0 Å². The van der Waals surface area contributed by atoms with Gasteiger partial charge in [0, 0.05) is 10.6 Å². The Morgan fingerprint density at radius 2 is 1.72 bits per heavy atom. The molecule has 1 amide bonds. The lowest BCUT2D eigenvalue weighted by Crippen LogP contribution is -2.56. The Hall–Kier alpha value is -1.06. The Balaban J connectivity index is 2.70. The molecule has 0 aliphatic carbocycles. The van der Waals surface area contributed by atoms with Gasteiger partial charge in [-0.05, 0) is 51.8 Å². The van der Waals surface area contributed by atoms with Crippen LogP contribution in [0.2, 0.25) is 5.02 Å². The van der Waals surface area contributed by atoms with Gasteiger partial charge in [0.25, 0.3) is 0 Å². The van der Waals surface area contributed by atoms with Crippen molar-refractivity contribution >= 4 is 17.5 Å². The molecule has 1 aromatic rings. The first-order chi connectivity index (χ1) is 8.10. The van der Waals surface area contributed by atoms with Crippen molar-refractivity contribution in [2.24, 2.45) is 5.73 Å². The second kappa shape index (κ2) is 5.29. The maximum atomic E-state index is 11.9. The Morgan fingerprint density at radius 1 is 1.22 bits per heavy atom. The zero-order valence-corrected chi connectivity index (χ0v) is 12.1.